The standard InChI is InChI=1S/C52H34N2O/c1-3-13-35(14-4-1)37-25-27-41(28-26-37)53(42-29-30-44-43-19-9-11-21-46(43)54(48(44)34-42)40-17-5-2-6-18-40)47-31-32-50-52(45-20-10-12-22-49(45)55-50)51(47)39-24-23-36-15-7-8-16-38(36)33-39/h1-34H. The number of benzene rings is 9. The summed E-state index contributed by atoms with van der Waals surface area (Å²) >= 11 is 0. The van der Waals surface area contributed by atoms with Crippen LogP contribution in [0.4, 0.5) is 17.1 Å². The minimum atomic E-state index is 0.868. The van der Waals surface area contributed by atoms with E-state index in [-0.39, 0.29) is 0 Å². The fourth-order valence-corrected chi connectivity index (χ4v) is 8.44. The summed E-state index contributed by atoms with van der Waals surface area (Å²) in [6.07, 6.45) is 0. The lowest BCUT2D eigenvalue weighted by molar-refractivity contribution is 0.669. The number of hydrogen-bond acceptors (Lipinski definition) is 2. The third-order valence-corrected chi connectivity index (χ3v) is 11.0. The number of nitrogens with zero attached hydrogens (tertiary/aromatic N) is 2. The lowest BCUT2D eigenvalue weighted by Gasteiger charge is -2.29. The number of hydrogen-bond donors (Lipinski definition) is 0. The Bertz CT molecular complexity index is 3190. The van der Waals surface area contributed by atoms with Gasteiger partial charge in [0, 0.05) is 44.2 Å². The molecule has 0 N–H and O–H groups in total. The summed E-state index contributed by atoms with van der Waals surface area (Å²) in [6, 6.07) is 74.0. The van der Waals surface area contributed by atoms with E-state index in [1.807, 2.05) is 6.07 Å². The molecule has 0 amide bonds. The largest absolute Gasteiger partial charge is 0.456 e. The SMILES string of the molecule is c1ccc(-c2ccc(N(c3ccc4c5ccccc5n(-c5ccccc5)c4c3)c3ccc4oc5ccccc5c4c3-c3ccc4ccccc4c3)cc2)cc1. The summed E-state index contributed by atoms with van der Waals surface area (Å²) in [7, 11) is 0. The van der Waals surface area contributed by atoms with Crippen molar-refractivity contribution in [2.24, 2.45) is 0 Å². The Morgan fingerprint density at radius 3 is 1.85 bits per heavy atom. The normalized spacial score (nSPS) is 11.6. The van der Waals surface area contributed by atoms with Crippen molar-refractivity contribution in [3.05, 3.63) is 206 Å². The van der Waals surface area contributed by atoms with Crippen LogP contribution in [-0.4, -0.2) is 4.57 Å². The molecule has 0 atom stereocenters. The smallest absolute Gasteiger partial charge is 0.136 e. The topological polar surface area (TPSA) is 21.3 Å². The van der Waals surface area contributed by atoms with Gasteiger partial charge in [0.15, 0.2) is 0 Å². The van der Waals surface area contributed by atoms with Crippen molar-refractivity contribution in [2.75, 3.05) is 4.90 Å². The lowest BCUT2D eigenvalue weighted by atomic mass is 9.94. The molecule has 0 unspecified atom stereocenters. The monoisotopic (exact) mass is 702 g/mol. The van der Waals surface area contributed by atoms with Gasteiger partial charge in [0.05, 0.1) is 16.7 Å². The van der Waals surface area contributed by atoms with E-state index in [9.17, 15) is 0 Å². The summed E-state index contributed by atoms with van der Waals surface area (Å²) in [5.41, 5.74) is 13.0. The van der Waals surface area contributed by atoms with Crippen LogP contribution in [0.3, 0.4) is 0 Å². The van der Waals surface area contributed by atoms with Crippen molar-refractivity contribution in [3.63, 3.8) is 0 Å². The maximum absolute atomic E-state index is 6.55. The Hall–Kier alpha value is -7.36. The van der Waals surface area contributed by atoms with Gasteiger partial charge in [-0.3, -0.25) is 0 Å². The third-order valence-electron chi connectivity index (χ3n) is 11.0. The van der Waals surface area contributed by atoms with Crippen molar-refractivity contribution in [3.8, 4) is 27.9 Å². The zero-order valence-electron chi connectivity index (χ0n) is 29.9. The van der Waals surface area contributed by atoms with E-state index in [0.717, 1.165) is 61.3 Å². The Morgan fingerprint density at radius 1 is 0.382 bits per heavy atom. The fraction of sp³-hybridized carbons (Fsp3) is 0. The maximum Gasteiger partial charge on any atom is 0.136 e. The van der Waals surface area contributed by atoms with E-state index in [1.165, 1.54) is 38.2 Å². The number of rotatable bonds is 6. The molecule has 0 aliphatic carbocycles. The van der Waals surface area contributed by atoms with Crippen LogP contribution in [0, 0.1) is 0 Å². The van der Waals surface area contributed by atoms with E-state index >= 15 is 0 Å². The first-order valence-corrected chi connectivity index (χ1v) is 18.8. The van der Waals surface area contributed by atoms with E-state index in [4.69, 9.17) is 4.42 Å². The van der Waals surface area contributed by atoms with Crippen molar-refractivity contribution in [2.45, 2.75) is 0 Å². The highest BCUT2D eigenvalue weighted by molar-refractivity contribution is 6.17. The van der Waals surface area contributed by atoms with Crippen molar-refractivity contribution in [1.82, 2.24) is 4.57 Å². The Labute approximate surface area is 318 Å². The summed E-state index contributed by atoms with van der Waals surface area (Å²) in [4.78, 5) is 2.42. The highest BCUT2D eigenvalue weighted by Crippen LogP contribution is 2.48. The number of anilines is 3. The highest BCUT2D eigenvalue weighted by Gasteiger charge is 2.24. The average Bonchev–Trinajstić information content (AvgIpc) is 3.80. The van der Waals surface area contributed by atoms with Crippen LogP contribution in [0.2, 0.25) is 0 Å². The van der Waals surface area contributed by atoms with Gasteiger partial charge >= 0.3 is 0 Å². The van der Waals surface area contributed by atoms with E-state index in [2.05, 4.69) is 210 Å². The second-order valence-corrected chi connectivity index (χ2v) is 14.1. The summed E-state index contributed by atoms with van der Waals surface area (Å²) < 4.78 is 8.94. The van der Waals surface area contributed by atoms with Crippen LogP contribution in [0.15, 0.2) is 211 Å². The molecule has 9 aromatic carbocycles. The van der Waals surface area contributed by atoms with E-state index < -0.39 is 0 Å². The number of aromatic nitrogens is 1. The molecule has 11 aromatic rings. The number of fused-ring (bicyclic) bond motifs is 7. The quantitative estimate of drug-likeness (QED) is 0.172. The second-order valence-electron chi connectivity index (χ2n) is 14.1. The molecular weight excluding hydrogens is 669 g/mol. The van der Waals surface area contributed by atoms with Gasteiger partial charge in [-0.2, -0.15) is 0 Å². The van der Waals surface area contributed by atoms with Gasteiger partial charge in [-0.1, -0.05) is 140 Å². The molecule has 0 fully saturated rings. The van der Waals surface area contributed by atoms with Gasteiger partial charge in [-0.25, -0.2) is 0 Å². The van der Waals surface area contributed by atoms with E-state index in [0.29, 0.717) is 0 Å². The van der Waals surface area contributed by atoms with Crippen LogP contribution >= 0.6 is 0 Å². The summed E-state index contributed by atoms with van der Waals surface area (Å²) in [5.74, 6) is 0. The number of furan rings is 1. The molecule has 3 heteroatoms. The minimum Gasteiger partial charge on any atom is -0.456 e. The zero-order valence-corrected chi connectivity index (χ0v) is 29.9. The Balaban J connectivity index is 1.22. The summed E-state index contributed by atoms with van der Waals surface area (Å²) in [5, 5.41) is 7.06. The third kappa shape index (κ3) is 5.13. The summed E-state index contributed by atoms with van der Waals surface area (Å²) in [6.45, 7) is 0. The first-order chi connectivity index (χ1) is 27.3. The molecule has 3 nitrogen and oxygen atoms in total. The molecule has 0 aliphatic rings. The molecule has 0 saturated heterocycles. The molecule has 55 heavy (non-hydrogen) atoms. The minimum absolute atomic E-state index is 0.868. The first-order valence-electron chi connectivity index (χ1n) is 18.8. The molecule has 11 rings (SSSR count). The fourth-order valence-electron chi connectivity index (χ4n) is 8.44. The van der Waals surface area contributed by atoms with Crippen molar-refractivity contribution >= 4 is 71.6 Å². The average molecular weight is 703 g/mol. The van der Waals surface area contributed by atoms with Crippen LogP contribution in [0.1, 0.15) is 0 Å². The van der Waals surface area contributed by atoms with E-state index in [1.54, 1.807) is 0 Å². The Morgan fingerprint density at radius 2 is 1.02 bits per heavy atom. The van der Waals surface area contributed by atoms with Gasteiger partial charge < -0.3 is 13.9 Å². The Kier molecular flexibility index (Phi) is 7.17. The zero-order chi connectivity index (χ0) is 36.3. The lowest BCUT2D eigenvalue weighted by Crippen LogP contribution is -2.11. The van der Waals surface area contributed by atoms with Crippen LogP contribution in [-0.2, 0) is 0 Å². The van der Waals surface area contributed by atoms with Gasteiger partial charge in [0.2, 0.25) is 0 Å². The highest BCUT2D eigenvalue weighted by atomic mass is 16.3. The molecule has 0 saturated carbocycles. The van der Waals surface area contributed by atoms with Crippen LogP contribution in [0.25, 0.3) is 82.5 Å². The molecule has 0 spiro atoms. The van der Waals surface area contributed by atoms with Gasteiger partial charge in [-0.15, -0.1) is 0 Å². The molecule has 258 valence electrons. The molecule has 0 radical (unpaired) electrons. The van der Waals surface area contributed by atoms with Gasteiger partial charge in [-0.05, 0) is 94.2 Å². The molecule has 2 aromatic heterocycles. The second kappa shape index (κ2) is 12.6. The van der Waals surface area contributed by atoms with Gasteiger partial charge in [0.1, 0.15) is 11.2 Å². The molecule has 0 bridgehead atoms. The van der Waals surface area contributed by atoms with Crippen LogP contribution < -0.4 is 4.90 Å². The van der Waals surface area contributed by atoms with Crippen LogP contribution in [0.5, 0.6) is 0 Å². The van der Waals surface area contributed by atoms with Crippen molar-refractivity contribution in [1.29, 1.82) is 0 Å². The maximum atomic E-state index is 6.55. The molecule has 2 heterocycles. The van der Waals surface area contributed by atoms with Crippen molar-refractivity contribution < 1.29 is 4.42 Å². The predicted molar refractivity (Wildman–Crippen MR) is 231 cm³/mol. The molecular formula is C52H34N2O. The van der Waals surface area contributed by atoms with Gasteiger partial charge in [0.25, 0.3) is 0 Å². The first kappa shape index (κ1) is 31.2. The number of para-hydroxylation sites is 3. The molecule has 0 aliphatic heterocycles. The predicted octanol–water partition coefficient (Wildman–Crippen LogP) is 14.6.